The Morgan fingerprint density at radius 1 is 0.714 bits per heavy atom. The highest BCUT2D eigenvalue weighted by Gasteiger charge is 2.11. The van der Waals surface area contributed by atoms with Crippen molar-refractivity contribution in [2.45, 2.75) is 25.4 Å². The van der Waals surface area contributed by atoms with Gasteiger partial charge in [0, 0.05) is 26.8 Å². The Balaban J connectivity index is 0.00000141. The zero-order chi connectivity index (χ0) is 24.6. The Bertz CT molecular complexity index is 1500. The van der Waals surface area contributed by atoms with Crippen molar-refractivity contribution in [2.75, 3.05) is 0 Å². The number of fused-ring (bicyclic) bond motifs is 3. The SMILES string of the molecule is C=NC(=N/C(=N\Cn1c2ccccc2c2cc(S)ccc21)c1ccccc1)c1ccccc1.CC. The summed E-state index contributed by atoms with van der Waals surface area (Å²) >= 11 is 4.54. The molecule has 0 fully saturated rings. The molecule has 0 spiro atoms. The van der Waals surface area contributed by atoms with Gasteiger partial charge in [0.15, 0.2) is 11.7 Å². The molecule has 174 valence electrons. The molecule has 5 aromatic rings. The van der Waals surface area contributed by atoms with Gasteiger partial charge in [0.1, 0.15) is 6.67 Å². The Kier molecular flexibility index (Phi) is 7.91. The molecule has 0 saturated heterocycles. The van der Waals surface area contributed by atoms with Crippen molar-refractivity contribution in [3.8, 4) is 0 Å². The zero-order valence-corrected chi connectivity index (χ0v) is 20.9. The monoisotopic (exact) mass is 476 g/mol. The van der Waals surface area contributed by atoms with Crippen LogP contribution < -0.4 is 0 Å². The number of aliphatic imine (C=N–C) groups is 3. The normalized spacial score (nSPS) is 11.9. The number of para-hydroxylation sites is 1. The van der Waals surface area contributed by atoms with Gasteiger partial charge in [-0.25, -0.2) is 15.0 Å². The van der Waals surface area contributed by atoms with E-state index < -0.39 is 0 Å². The number of nitrogens with zero attached hydrogens (tertiary/aromatic N) is 4. The number of aromatic nitrogens is 1. The summed E-state index contributed by atoms with van der Waals surface area (Å²) in [4.78, 5) is 14.9. The lowest BCUT2D eigenvalue weighted by molar-refractivity contribution is 0.791. The molecule has 0 N–H and O–H groups in total. The first-order valence-electron chi connectivity index (χ1n) is 11.7. The summed E-state index contributed by atoms with van der Waals surface area (Å²) in [6, 6.07) is 34.4. The molecule has 0 aliphatic carbocycles. The molecule has 35 heavy (non-hydrogen) atoms. The van der Waals surface area contributed by atoms with Crippen LogP contribution in [0.1, 0.15) is 25.0 Å². The molecule has 4 aromatic carbocycles. The molecule has 0 aliphatic rings. The van der Waals surface area contributed by atoms with Gasteiger partial charge in [0.2, 0.25) is 0 Å². The van der Waals surface area contributed by atoms with E-state index in [9.17, 15) is 0 Å². The molecule has 5 rings (SSSR count). The lowest BCUT2D eigenvalue weighted by Gasteiger charge is -2.08. The van der Waals surface area contributed by atoms with Gasteiger partial charge in [0.05, 0.1) is 11.0 Å². The summed E-state index contributed by atoms with van der Waals surface area (Å²) in [5, 5.41) is 2.34. The molecule has 0 amide bonds. The van der Waals surface area contributed by atoms with Crippen molar-refractivity contribution in [3.05, 3.63) is 114 Å². The van der Waals surface area contributed by atoms with Crippen molar-refractivity contribution in [1.29, 1.82) is 0 Å². The van der Waals surface area contributed by atoms with Crippen LogP contribution in [-0.4, -0.2) is 23.0 Å². The van der Waals surface area contributed by atoms with Gasteiger partial charge in [-0.1, -0.05) is 92.7 Å². The summed E-state index contributed by atoms with van der Waals surface area (Å²) in [5.74, 6) is 1.15. The maximum atomic E-state index is 4.96. The fourth-order valence-electron chi connectivity index (χ4n) is 3.99. The second-order valence-electron chi connectivity index (χ2n) is 7.60. The van der Waals surface area contributed by atoms with Crippen LogP contribution >= 0.6 is 12.6 Å². The quantitative estimate of drug-likeness (QED) is 0.157. The fourth-order valence-corrected chi connectivity index (χ4v) is 4.19. The van der Waals surface area contributed by atoms with E-state index in [1.807, 2.05) is 80.6 Å². The molecule has 0 atom stereocenters. The van der Waals surface area contributed by atoms with E-state index in [0.717, 1.165) is 32.4 Å². The van der Waals surface area contributed by atoms with Crippen LogP contribution in [0.5, 0.6) is 0 Å². The molecule has 0 saturated carbocycles. The van der Waals surface area contributed by atoms with Crippen LogP contribution in [0.3, 0.4) is 0 Å². The average Bonchev–Trinajstić information content (AvgIpc) is 3.24. The largest absolute Gasteiger partial charge is 0.320 e. The number of benzene rings is 4. The Morgan fingerprint density at radius 2 is 1.29 bits per heavy atom. The van der Waals surface area contributed by atoms with Crippen molar-refractivity contribution in [1.82, 2.24) is 4.57 Å². The van der Waals surface area contributed by atoms with E-state index >= 15 is 0 Å². The molecule has 0 aliphatic heterocycles. The highest BCUT2D eigenvalue weighted by molar-refractivity contribution is 7.80. The lowest BCUT2D eigenvalue weighted by atomic mass is 10.1. The summed E-state index contributed by atoms with van der Waals surface area (Å²) in [6.07, 6.45) is 0. The fraction of sp³-hybridized carbons (Fsp3) is 0.100. The van der Waals surface area contributed by atoms with E-state index in [-0.39, 0.29) is 0 Å². The van der Waals surface area contributed by atoms with Gasteiger partial charge >= 0.3 is 0 Å². The second kappa shape index (κ2) is 11.4. The predicted octanol–water partition coefficient (Wildman–Crippen LogP) is 7.66. The standard InChI is InChI=1S/C28H22N4S.C2H6/c1-29-27(20-10-4-2-5-11-20)31-28(21-12-6-3-7-13-21)30-19-32-25-15-9-8-14-23(25)24-18-22(33)16-17-26(24)32;1-2/h2-18,33H,1,19H2;1-2H3/b30-28-,31-27?;. The van der Waals surface area contributed by atoms with Crippen molar-refractivity contribution in [2.24, 2.45) is 15.0 Å². The van der Waals surface area contributed by atoms with E-state index in [2.05, 4.69) is 65.3 Å². The minimum absolute atomic E-state index is 0.420. The minimum Gasteiger partial charge on any atom is -0.320 e. The first kappa shape index (κ1) is 24.2. The first-order chi connectivity index (χ1) is 17.2. The number of amidine groups is 2. The first-order valence-corrected chi connectivity index (χ1v) is 12.1. The molecular formula is C30H28N4S. The van der Waals surface area contributed by atoms with Crippen molar-refractivity contribution >= 4 is 52.8 Å². The van der Waals surface area contributed by atoms with Crippen LogP contribution in [0.2, 0.25) is 0 Å². The maximum absolute atomic E-state index is 4.96. The number of hydrogen-bond acceptors (Lipinski definition) is 2. The predicted molar refractivity (Wildman–Crippen MR) is 154 cm³/mol. The van der Waals surface area contributed by atoms with E-state index in [1.54, 1.807) is 0 Å². The zero-order valence-electron chi connectivity index (χ0n) is 20.0. The average molecular weight is 477 g/mol. The van der Waals surface area contributed by atoms with E-state index in [0.29, 0.717) is 18.3 Å². The highest BCUT2D eigenvalue weighted by Crippen LogP contribution is 2.30. The molecule has 0 unspecified atom stereocenters. The Hall–Kier alpha value is -3.96. The second-order valence-corrected chi connectivity index (χ2v) is 8.11. The Morgan fingerprint density at radius 3 is 1.94 bits per heavy atom. The van der Waals surface area contributed by atoms with Crippen LogP contribution in [0, 0.1) is 0 Å². The molecule has 1 aromatic heterocycles. The topological polar surface area (TPSA) is 42.0 Å². The van der Waals surface area contributed by atoms with Crippen molar-refractivity contribution < 1.29 is 0 Å². The number of hydrogen-bond donors (Lipinski definition) is 1. The van der Waals surface area contributed by atoms with Crippen LogP contribution in [-0.2, 0) is 6.67 Å². The molecule has 0 bridgehead atoms. The van der Waals surface area contributed by atoms with Crippen LogP contribution in [0.25, 0.3) is 21.8 Å². The smallest absolute Gasteiger partial charge is 0.161 e. The van der Waals surface area contributed by atoms with Crippen molar-refractivity contribution in [3.63, 3.8) is 0 Å². The molecule has 4 nitrogen and oxygen atoms in total. The number of thiol groups is 1. The van der Waals surface area contributed by atoms with Gasteiger partial charge in [-0.05, 0) is 31.0 Å². The summed E-state index contributed by atoms with van der Waals surface area (Å²) in [5.41, 5.74) is 4.05. The summed E-state index contributed by atoms with van der Waals surface area (Å²) in [7, 11) is 0. The third-order valence-electron chi connectivity index (χ3n) is 5.54. The van der Waals surface area contributed by atoms with Crippen LogP contribution in [0.4, 0.5) is 0 Å². The minimum atomic E-state index is 0.420. The Labute approximate surface area is 211 Å². The summed E-state index contributed by atoms with van der Waals surface area (Å²) < 4.78 is 2.21. The molecule has 5 heteroatoms. The summed E-state index contributed by atoms with van der Waals surface area (Å²) in [6.45, 7) is 8.16. The number of rotatable bonds is 4. The van der Waals surface area contributed by atoms with Gasteiger partial charge in [-0.3, -0.25) is 0 Å². The molecule has 0 radical (unpaired) electrons. The highest BCUT2D eigenvalue weighted by atomic mass is 32.1. The van der Waals surface area contributed by atoms with Gasteiger partial charge in [-0.15, -0.1) is 12.6 Å². The van der Waals surface area contributed by atoms with Crippen LogP contribution in [0.15, 0.2) is 123 Å². The molecular weight excluding hydrogens is 448 g/mol. The lowest BCUT2D eigenvalue weighted by Crippen LogP contribution is -2.07. The maximum Gasteiger partial charge on any atom is 0.161 e. The molecule has 1 heterocycles. The third kappa shape index (κ3) is 5.26. The van der Waals surface area contributed by atoms with Gasteiger partial charge < -0.3 is 4.57 Å². The van der Waals surface area contributed by atoms with Gasteiger partial charge in [-0.2, -0.15) is 0 Å². The van der Waals surface area contributed by atoms with E-state index in [1.165, 1.54) is 5.39 Å². The van der Waals surface area contributed by atoms with E-state index in [4.69, 9.17) is 9.98 Å². The third-order valence-corrected chi connectivity index (χ3v) is 5.82. The van der Waals surface area contributed by atoms with Gasteiger partial charge in [0.25, 0.3) is 0 Å².